The summed E-state index contributed by atoms with van der Waals surface area (Å²) in [5.74, 6) is -0.673. The summed E-state index contributed by atoms with van der Waals surface area (Å²) in [7, 11) is -2.50. The summed E-state index contributed by atoms with van der Waals surface area (Å²) in [5.41, 5.74) is 4.45. The Morgan fingerprint density at radius 1 is 1.00 bits per heavy atom. The Hall–Kier alpha value is -3.02. The number of likely N-dealkylation sites (tertiary alicyclic amines) is 1. The standard InChI is InChI=1S/C30H35FN2O6S.ClH/c1-38-20-18-33-16-14-30(15-17-33,29(34)32-35)40(36,37)28-12-10-27(11-13-28)39-19-4-6-23-5-2-7-24(21-23)25-8-3-9-26(31)22-25;/h2-3,5,7-13,21-22,35H,4,6,14-20H2,1H3,(H,32,34);1H. The molecular formula is C30H36ClFN2O6S. The Morgan fingerprint density at radius 3 is 2.29 bits per heavy atom. The van der Waals surface area contributed by atoms with Crippen molar-refractivity contribution < 1.29 is 32.3 Å². The van der Waals surface area contributed by atoms with E-state index >= 15 is 0 Å². The zero-order valence-corrected chi connectivity index (χ0v) is 24.6. The van der Waals surface area contributed by atoms with E-state index in [1.807, 2.05) is 35.2 Å². The second-order valence-electron chi connectivity index (χ2n) is 9.91. The van der Waals surface area contributed by atoms with Gasteiger partial charge >= 0.3 is 0 Å². The maximum atomic E-state index is 13.6. The van der Waals surface area contributed by atoms with Crippen molar-refractivity contribution in [3.63, 3.8) is 0 Å². The van der Waals surface area contributed by atoms with Crippen LogP contribution in [0.4, 0.5) is 4.39 Å². The minimum absolute atomic E-state index is 0. The number of piperidine rings is 1. The van der Waals surface area contributed by atoms with Gasteiger partial charge in [-0.3, -0.25) is 10.0 Å². The Bertz CT molecular complexity index is 1400. The number of methoxy groups -OCH3 is 1. The molecule has 1 fully saturated rings. The highest BCUT2D eigenvalue weighted by atomic mass is 35.5. The molecule has 0 radical (unpaired) electrons. The lowest BCUT2D eigenvalue weighted by molar-refractivity contribution is -0.133. The number of hydrogen-bond donors (Lipinski definition) is 2. The zero-order valence-electron chi connectivity index (χ0n) is 22.9. The number of halogens is 2. The van der Waals surface area contributed by atoms with E-state index in [0.29, 0.717) is 38.6 Å². The minimum atomic E-state index is -4.10. The van der Waals surface area contributed by atoms with E-state index in [1.54, 1.807) is 30.8 Å². The fourth-order valence-electron chi connectivity index (χ4n) is 5.06. The van der Waals surface area contributed by atoms with Crippen LogP contribution in [0.25, 0.3) is 11.1 Å². The van der Waals surface area contributed by atoms with Crippen LogP contribution in [0, 0.1) is 5.82 Å². The number of hydroxylamine groups is 1. The van der Waals surface area contributed by atoms with Crippen LogP contribution in [0.1, 0.15) is 24.8 Å². The lowest BCUT2D eigenvalue weighted by atomic mass is 9.95. The number of nitrogens with one attached hydrogen (secondary N) is 1. The summed E-state index contributed by atoms with van der Waals surface area (Å²) in [6.45, 7) is 2.35. The molecule has 1 heterocycles. The summed E-state index contributed by atoms with van der Waals surface area (Å²) in [5, 5.41) is 9.37. The molecule has 3 aromatic rings. The van der Waals surface area contributed by atoms with Crippen LogP contribution in [0.2, 0.25) is 0 Å². The van der Waals surface area contributed by atoms with E-state index in [0.717, 1.165) is 29.5 Å². The molecule has 3 aromatic carbocycles. The lowest BCUT2D eigenvalue weighted by Gasteiger charge is -2.39. The highest BCUT2D eigenvalue weighted by Crippen LogP contribution is 2.36. The van der Waals surface area contributed by atoms with Crippen LogP contribution in [0.3, 0.4) is 0 Å². The predicted molar refractivity (Wildman–Crippen MR) is 157 cm³/mol. The molecule has 1 amide bonds. The summed E-state index contributed by atoms with van der Waals surface area (Å²) in [4.78, 5) is 14.7. The largest absolute Gasteiger partial charge is 0.494 e. The van der Waals surface area contributed by atoms with Crippen molar-refractivity contribution in [2.75, 3.05) is 40.0 Å². The maximum absolute atomic E-state index is 13.6. The SMILES string of the molecule is COCCN1CCC(C(=O)NO)(S(=O)(=O)c2ccc(OCCCc3cccc(-c4cccc(F)c4)c3)cc2)CC1.Cl. The van der Waals surface area contributed by atoms with Crippen LogP contribution in [0.5, 0.6) is 5.75 Å². The topological polar surface area (TPSA) is 105 Å². The second kappa shape index (κ2) is 14.7. The average Bonchev–Trinajstić information content (AvgIpc) is 2.98. The average molecular weight is 607 g/mol. The van der Waals surface area contributed by atoms with Crippen molar-refractivity contribution in [1.82, 2.24) is 10.4 Å². The van der Waals surface area contributed by atoms with Crippen LogP contribution >= 0.6 is 12.4 Å². The number of amides is 1. The molecule has 41 heavy (non-hydrogen) atoms. The number of aryl methyl sites for hydroxylation is 1. The molecule has 0 atom stereocenters. The zero-order chi connectivity index (χ0) is 28.6. The third-order valence-electron chi connectivity index (χ3n) is 7.40. The van der Waals surface area contributed by atoms with Crippen LogP contribution in [0.15, 0.2) is 77.7 Å². The van der Waals surface area contributed by atoms with Gasteiger partial charge in [0.2, 0.25) is 0 Å². The number of nitrogens with zero attached hydrogens (tertiary/aromatic N) is 1. The molecule has 222 valence electrons. The Labute approximate surface area is 246 Å². The first kappa shape index (κ1) is 32.5. The van der Waals surface area contributed by atoms with Gasteiger partial charge in [-0.2, -0.15) is 0 Å². The first-order chi connectivity index (χ1) is 19.3. The molecule has 2 N–H and O–H groups in total. The van der Waals surface area contributed by atoms with E-state index in [2.05, 4.69) is 0 Å². The molecule has 0 bridgehead atoms. The van der Waals surface area contributed by atoms with E-state index < -0.39 is 20.5 Å². The molecular weight excluding hydrogens is 571 g/mol. The van der Waals surface area contributed by atoms with Gasteiger partial charge < -0.3 is 14.4 Å². The van der Waals surface area contributed by atoms with E-state index in [4.69, 9.17) is 9.47 Å². The van der Waals surface area contributed by atoms with E-state index in [1.165, 1.54) is 24.3 Å². The predicted octanol–water partition coefficient (Wildman–Crippen LogP) is 4.69. The molecule has 11 heteroatoms. The molecule has 1 aliphatic rings. The quantitative estimate of drug-likeness (QED) is 0.175. The molecule has 4 rings (SSSR count). The van der Waals surface area contributed by atoms with E-state index in [9.17, 15) is 22.8 Å². The van der Waals surface area contributed by atoms with Crippen LogP contribution in [-0.2, 0) is 25.8 Å². The Balaban J connectivity index is 0.00000462. The number of carbonyl (C=O) groups is 1. The van der Waals surface area contributed by atoms with Crippen molar-refractivity contribution in [3.8, 4) is 16.9 Å². The molecule has 1 saturated heterocycles. The monoisotopic (exact) mass is 606 g/mol. The Kier molecular flexibility index (Phi) is 11.7. The normalized spacial score (nSPS) is 15.1. The van der Waals surface area contributed by atoms with Gasteiger partial charge in [-0.25, -0.2) is 18.3 Å². The van der Waals surface area contributed by atoms with E-state index in [-0.39, 0.29) is 36.0 Å². The molecule has 8 nitrogen and oxygen atoms in total. The number of hydrogen-bond acceptors (Lipinski definition) is 7. The molecule has 0 unspecified atom stereocenters. The van der Waals surface area contributed by atoms with Crippen LogP contribution < -0.4 is 10.2 Å². The number of ether oxygens (including phenoxy) is 2. The van der Waals surface area contributed by atoms with Crippen LogP contribution in [-0.4, -0.2) is 69.1 Å². The summed E-state index contributed by atoms with van der Waals surface area (Å²) in [6.07, 6.45) is 1.61. The third kappa shape index (κ3) is 7.64. The molecule has 0 aromatic heterocycles. The van der Waals surface area contributed by atoms with Gasteiger partial charge in [0, 0.05) is 26.7 Å². The highest BCUT2D eigenvalue weighted by Gasteiger charge is 2.52. The fraction of sp³-hybridized carbons (Fsp3) is 0.367. The second-order valence-corrected chi connectivity index (χ2v) is 12.2. The number of benzene rings is 3. The first-order valence-corrected chi connectivity index (χ1v) is 14.8. The van der Waals surface area contributed by atoms with Gasteiger partial charge in [-0.15, -0.1) is 12.4 Å². The van der Waals surface area contributed by atoms with Gasteiger partial charge in [0.1, 0.15) is 11.6 Å². The molecule has 1 aliphatic heterocycles. The number of sulfone groups is 1. The first-order valence-electron chi connectivity index (χ1n) is 13.3. The third-order valence-corrected chi connectivity index (χ3v) is 9.92. The molecule has 0 spiro atoms. The smallest absolute Gasteiger partial charge is 0.265 e. The van der Waals surface area contributed by atoms with Crippen molar-refractivity contribution in [1.29, 1.82) is 0 Å². The van der Waals surface area contributed by atoms with Gasteiger partial charge in [0.25, 0.3) is 5.91 Å². The Morgan fingerprint density at radius 2 is 1.66 bits per heavy atom. The van der Waals surface area contributed by atoms with Gasteiger partial charge in [0.15, 0.2) is 14.6 Å². The van der Waals surface area contributed by atoms with Crippen molar-refractivity contribution in [2.24, 2.45) is 0 Å². The lowest BCUT2D eigenvalue weighted by Crippen LogP contribution is -2.57. The summed E-state index contributed by atoms with van der Waals surface area (Å²) >= 11 is 0. The van der Waals surface area contributed by atoms with Crippen molar-refractivity contribution in [3.05, 3.63) is 84.2 Å². The molecule has 0 aliphatic carbocycles. The van der Waals surface area contributed by atoms with Gasteiger partial charge in [-0.05, 0) is 78.8 Å². The van der Waals surface area contributed by atoms with Gasteiger partial charge in [-0.1, -0.05) is 36.4 Å². The highest BCUT2D eigenvalue weighted by molar-refractivity contribution is 7.93. The van der Waals surface area contributed by atoms with Crippen molar-refractivity contribution >= 4 is 28.2 Å². The summed E-state index contributed by atoms with van der Waals surface area (Å²) < 4.78 is 50.0. The maximum Gasteiger partial charge on any atom is 0.265 e. The minimum Gasteiger partial charge on any atom is -0.494 e. The number of carbonyl (C=O) groups excluding carboxylic acids is 1. The van der Waals surface area contributed by atoms with Crippen molar-refractivity contribution in [2.45, 2.75) is 35.3 Å². The van der Waals surface area contributed by atoms with Gasteiger partial charge in [0.05, 0.1) is 18.1 Å². The molecule has 0 saturated carbocycles. The number of rotatable bonds is 12. The fourth-order valence-corrected chi connectivity index (χ4v) is 7.01. The summed E-state index contributed by atoms with van der Waals surface area (Å²) in [6, 6.07) is 20.5.